The summed E-state index contributed by atoms with van der Waals surface area (Å²) in [4.78, 5) is 4.29. The Labute approximate surface area is 101 Å². The van der Waals surface area contributed by atoms with Crippen molar-refractivity contribution in [1.82, 2.24) is 15.2 Å². The Morgan fingerprint density at radius 1 is 1.24 bits per heavy atom. The molecular formula is C13H17N3O. The molecule has 0 unspecified atom stereocenters. The van der Waals surface area contributed by atoms with Crippen molar-refractivity contribution in [2.24, 2.45) is 5.92 Å². The first-order chi connectivity index (χ1) is 8.15. The fourth-order valence-electron chi connectivity index (χ4n) is 1.39. The first-order valence-electron chi connectivity index (χ1n) is 5.77. The molecule has 0 aliphatic rings. The summed E-state index contributed by atoms with van der Waals surface area (Å²) < 4.78 is 5.44. The maximum atomic E-state index is 5.44. The first kappa shape index (κ1) is 11.6. The molecule has 0 atom stereocenters. The van der Waals surface area contributed by atoms with Gasteiger partial charge in [0.25, 0.3) is 0 Å². The van der Waals surface area contributed by atoms with Crippen molar-refractivity contribution in [2.45, 2.75) is 20.8 Å². The molecule has 2 rings (SSSR count). The number of aromatic nitrogens is 3. The van der Waals surface area contributed by atoms with Crippen LogP contribution in [-0.2, 0) is 0 Å². The van der Waals surface area contributed by atoms with E-state index in [1.54, 1.807) is 0 Å². The van der Waals surface area contributed by atoms with Gasteiger partial charge in [-0.15, -0.1) is 5.10 Å². The molecule has 0 aliphatic carbocycles. The molecule has 1 N–H and O–H groups in total. The Morgan fingerprint density at radius 2 is 1.94 bits per heavy atom. The van der Waals surface area contributed by atoms with E-state index in [1.807, 2.05) is 24.3 Å². The third-order valence-corrected chi connectivity index (χ3v) is 2.34. The third-order valence-electron chi connectivity index (χ3n) is 2.34. The Hall–Kier alpha value is -1.84. The Kier molecular flexibility index (Phi) is 3.42. The second-order valence-corrected chi connectivity index (χ2v) is 4.54. The summed E-state index contributed by atoms with van der Waals surface area (Å²) in [5.74, 6) is 1.21. The second kappa shape index (κ2) is 4.99. The van der Waals surface area contributed by atoms with E-state index < -0.39 is 0 Å². The standard InChI is InChI=1S/C13H17N3O/c1-9(2)8-17-13-14-12(15-16-13)11-6-4-10(3)5-7-11/h4-7,9H,8H2,1-3H3,(H,14,15,16). The number of aryl methyl sites for hydroxylation is 1. The van der Waals surface area contributed by atoms with E-state index >= 15 is 0 Å². The highest BCUT2D eigenvalue weighted by molar-refractivity contribution is 5.55. The lowest BCUT2D eigenvalue weighted by Crippen LogP contribution is -2.05. The molecule has 1 heterocycles. The summed E-state index contributed by atoms with van der Waals surface area (Å²) in [5, 5.41) is 6.91. The summed E-state index contributed by atoms with van der Waals surface area (Å²) in [7, 11) is 0. The Morgan fingerprint density at radius 3 is 2.59 bits per heavy atom. The second-order valence-electron chi connectivity index (χ2n) is 4.54. The largest absolute Gasteiger partial charge is 0.462 e. The van der Waals surface area contributed by atoms with Crippen LogP contribution in [0.1, 0.15) is 19.4 Å². The number of H-pyrrole nitrogens is 1. The summed E-state index contributed by atoms with van der Waals surface area (Å²) in [5.41, 5.74) is 2.24. The topological polar surface area (TPSA) is 50.8 Å². The van der Waals surface area contributed by atoms with Crippen molar-refractivity contribution in [3.05, 3.63) is 29.8 Å². The van der Waals surface area contributed by atoms with E-state index in [4.69, 9.17) is 4.74 Å². The molecule has 0 spiro atoms. The van der Waals surface area contributed by atoms with Gasteiger partial charge in [-0.3, -0.25) is 5.10 Å². The average molecular weight is 231 g/mol. The Bertz CT molecular complexity index is 474. The highest BCUT2D eigenvalue weighted by Crippen LogP contribution is 2.17. The minimum Gasteiger partial charge on any atom is -0.462 e. The van der Waals surface area contributed by atoms with Gasteiger partial charge in [0.1, 0.15) is 0 Å². The van der Waals surface area contributed by atoms with Gasteiger partial charge < -0.3 is 4.74 Å². The molecule has 4 heteroatoms. The minimum atomic E-state index is 0.411. The third kappa shape index (κ3) is 3.06. The summed E-state index contributed by atoms with van der Waals surface area (Å²) >= 11 is 0. The van der Waals surface area contributed by atoms with Gasteiger partial charge in [-0.2, -0.15) is 4.98 Å². The van der Waals surface area contributed by atoms with Crippen LogP contribution in [0.25, 0.3) is 11.4 Å². The molecule has 4 nitrogen and oxygen atoms in total. The molecule has 0 aliphatic heterocycles. The van der Waals surface area contributed by atoms with E-state index in [-0.39, 0.29) is 0 Å². The zero-order valence-electron chi connectivity index (χ0n) is 10.4. The molecule has 2 aromatic rings. The summed E-state index contributed by atoms with van der Waals surface area (Å²) in [6.45, 7) is 6.87. The smallest absolute Gasteiger partial charge is 0.335 e. The fourth-order valence-corrected chi connectivity index (χ4v) is 1.39. The van der Waals surface area contributed by atoms with Crippen molar-refractivity contribution < 1.29 is 4.74 Å². The number of aromatic amines is 1. The van der Waals surface area contributed by atoms with Crippen molar-refractivity contribution in [3.63, 3.8) is 0 Å². The molecule has 0 radical (unpaired) electrons. The zero-order valence-corrected chi connectivity index (χ0v) is 10.4. The van der Waals surface area contributed by atoms with Crippen LogP contribution >= 0.6 is 0 Å². The van der Waals surface area contributed by atoms with Crippen LogP contribution in [0.5, 0.6) is 6.01 Å². The molecule has 1 aromatic carbocycles. The molecule has 0 bridgehead atoms. The minimum absolute atomic E-state index is 0.411. The molecule has 1 aromatic heterocycles. The van der Waals surface area contributed by atoms with E-state index in [1.165, 1.54) is 5.56 Å². The van der Waals surface area contributed by atoms with Gasteiger partial charge >= 0.3 is 6.01 Å². The molecule has 17 heavy (non-hydrogen) atoms. The molecule has 90 valence electrons. The van der Waals surface area contributed by atoms with Gasteiger partial charge in [-0.1, -0.05) is 43.7 Å². The predicted octanol–water partition coefficient (Wildman–Crippen LogP) is 2.81. The number of hydrogen-bond acceptors (Lipinski definition) is 3. The quantitative estimate of drug-likeness (QED) is 0.880. The van der Waals surface area contributed by atoms with Gasteiger partial charge in [-0.25, -0.2) is 0 Å². The molecule has 0 amide bonds. The average Bonchev–Trinajstić information content (AvgIpc) is 2.76. The molecular weight excluding hydrogens is 214 g/mol. The highest BCUT2D eigenvalue weighted by atomic mass is 16.5. The van der Waals surface area contributed by atoms with E-state index in [9.17, 15) is 0 Å². The number of ether oxygens (including phenoxy) is 1. The SMILES string of the molecule is Cc1ccc(-c2nc(OCC(C)C)n[nH]2)cc1. The summed E-state index contributed by atoms with van der Waals surface area (Å²) in [6.07, 6.45) is 0. The highest BCUT2D eigenvalue weighted by Gasteiger charge is 2.06. The van der Waals surface area contributed by atoms with Crippen LogP contribution in [0.2, 0.25) is 0 Å². The van der Waals surface area contributed by atoms with E-state index in [2.05, 4.69) is 36.0 Å². The number of nitrogens with zero attached hydrogens (tertiary/aromatic N) is 2. The predicted molar refractivity (Wildman–Crippen MR) is 66.9 cm³/mol. The van der Waals surface area contributed by atoms with Crippen LogP contribution in [0, 0.1) is 12.8 Å². The fraction of sp³-hybridized carbons (Fsp3) is 0.385. The van der Waals surface area contributed by atoms with Crippen LogP contribution < -0.4 is 4.74 Å². The van der Waals surface area contributed by atoms with Crippen LogP contribution in [0.15, 0.2) is 24.3 Å². The van der Waals surface area contributed by atoms with E-state index in [0.29, 0.717) is 18.5 Å². The number of benzene rings is 1. The molecule has 0 saturated carbocycles. The normalized spacial score (nSPS) is 10.8. The Balaban J connectivity index is 2.10. The van der Waals surface area contributed by atoms with Gasteiger partial charge in [0.05, 0.1) is 6.61 Å². The molecule has 0 saturated heterocycles. The van der Waals surface area contributed by atoms with Crippen molar-refractivity contribution >= 4 is 0 Å². The number of rotatable bonds is 4. The first-order valence-corrected chi connectivity index (χ1v) is 5.77. The lowest BCUT2D eigenvalue weighted by Gasteiger charge is -2.02. The van der Waals surface area contributed by atoms with Crippen molar-refractivity contribution in [1.29, 1.82) is 0 Å². The van der Waals surface area contributed by atoms with Gasteiger partial charge in [-0.05, 0) is 12.8 Å². The van der Waals surface area contributed by atoms with Crippen molar-refractivity contribution in [2.75, 3.05) is 6.61 Å². The maximum absolute atomic E-state index is 5.44. The van der Waals surface area contributed by atoms with Crippen LogP contribution in [0.4, 0.5) is 0 Å². The van der Waals surface area contributed by atoms with E-state index in [0.717, 1.165) is 11.4 Å². The van der Waals surface area contributed by atoms with Crippen molar-refractivity contribution in [3.8, 4) is 17.4 Å². The lowest BCUT2D eigenvalue weighted by molar-refractivity contribution is 0.252. The van der Waals surface area contributed by atoms with Crippen LogP contribution in [-0.4, -0.2) is 21.8 Å². The van der Waals surface area contributed by atoms with Gasteiger partial charge in [0.2, 0.25) is 0 Å². The molecule has 0 fully saturated rings. The maximum Gasteiger partial charge on any atom is 0.335 e. The van der Waals surface area contributed by atoms with Crippen LogP contribution in [0.3, 0.4) is 0 Å². The lowest BCUT2D eigenvalue weighted by atomic mass is 10.1. The zero-order chi connectivity index (χ0) is 12.3. The van der Waals surface area contributed by atoms with Gasteiger partial charge in [0.15, 0.2) is 5.82 Å². The number of nitrogens with one attached hydrogen (secondary N) is 1. The summed E-state index contributed by atoms with van der Waals surface area (Å²) in [6, 6.07) is 8.54. The monoisotopic (exact) mass is 231 g/mol. The van der Waals surface area contributed by atoms with Gasteiger partial charge in [0, 0.05) is 5.56 Å². The number of hydrogen-bond donors (Lipinski definition) is 1.